The summed E-state index contributed by atoms with van der Waals surface area (Å²) in [6.07, 6.45) is 0. The highest BCUT2D eigenvalue weighted by Gasteiger charge is 2.21. The summed E-state index contributed by atoms with van der Waals surface area (Å²) in [6.45, 7) is 5.28. The lowest BCUT2D eigenvalue weighted by Gasteiger charge is -2.26. The Labute approximate surface area is 100 Å². The number of ether oxygens (including phenoxy) is 1. The van der Waals surface area contributed by atoms with Crippen molar-refractivity contribution >= 4 is 17.3 Å². The number of rotatable bonds is 1. The van der Waals surface area contributed by atoms with E-state index in [1.54, 1.807) is 0 Å². The summed E-state index contributed by atoms with van der Waals surface area (Å²) < 4.78 is 5.61. The van der Waals surface area contributed by atoms with Crippen LogP contribution in [-0.4, -0.2) is 32.2 Å². The van der Waals surface area contributed by atoms with E-state index in [9.17, 15) is 0 Å². The third-order valence-electron chi connectivity index (χ3n) is 3.22. The SMILES string of the molecule is Cc1c(N2CCN=C2N)ccc2c1NCCO2. The van der Waals surface area contributed by atoms with Crippen molar-refractivity contribution in [1.29, 1.82) is 0 Å². The van der Waals surface area contributed by atoms with Gasteiger partial charge in [-0.15, -0.1) is 0 Å². The van der Waals surface area contributed by atoms with Crippen molar-refractivity contribution in [1.82, 2.24) is 0 Å². The van der Waals surface area contributed by atoms with Crippen molar-refractivity contribution in [3.63, 3.8) is 0 Å². The molecule has 0 aliphatic carbocycles. The molecular formula is C12H16N4O. The Hall–Kier alpha value is -1.91. The molecule has 17 heavy (non-hydrogen) atoms. The highest BCUT2D eigenvalue weighted by atomic mass is 16.5. The van der Waals surface area contributed by atoms with E-state index in [0.717, 1.165) is 43.4 Å². The predicted molar refractivity (Wildman–Crippen MR) is 69.0 cm³/mol. The molecule has 2 aliphatic heterocycles. The van der Waals surface area contributed by atoms with E-state index in [2.05, 4.69) is 23.3 Å². The molecule has 1 aromatic carbocycles. The fraction of sp³-hybridized carbons (Fsp3) is 0.417. The molecule has 90 valence electrons. The molecule has 3 rings (SSSR count). The van der Waals surface area contributed by atoms with Crippen LogP contribution in [0.5, 0.6) is 5.75 Å². The molecule has 5 nitrogen and oxygen atoms in total. The molecule has 2 heterocycles. The number of nitrogens with zero attached hydrogens (tertiary/aromatic N) is 2. The minimum absolute atomic E-state index is 0.602. The predicted octanol–water partition coefficient (Wildman–Crippen LogP) is 0.934. The molecule has 0 fully saturated rings. The maximum atomic E-state index is 5.88. The molecule has 5 heteroatoms. The summed E-state index contributed by atoms with van der Waals surface area (Å²) in [7, 11) is 0. The lowest BCUT2D eigenvalue weighted by atomic mass is 10.1. The van der Waals surface area contributed by atoms with Crippen LogP contribution in [0.25, 0.3) is 0 Å². The van der Waals surface area contributed by atoms with Crippen molar-refractivity contribution in [2.24, 2.45) is 10.7 Å². The van der Waals surface area contributed by atoms with E-state index in [1.165, 1.54) is 5.56 Å². The first-order valence-corrected chi connectivity index (χ1v) is 5.85. The van der Waals surface area contributed by atoms with E-state index in [1.807, 2.05) is 11.0 Å². The van der Waals surface area contributed by atoms with Crippen LogP contribution < -0.4 is 20.7 Å². The third kappa shape index (κ3) is 1.58. The lowest BCUT2D eigenvalue weighted by Crippen LogP contribution is -2.34. The van der Waals surface area contributed by atoms with Crippen LogP contribution in [0.2, 0.25) is 0 Å². The van der Waals surface area contributed by atoms with Gasteiger partial charge in [0.2, 0.25) is 0 Å². The maximum absolute atomic E-state index is 5.88. The number of nitrogens with two attached hydrogens (primary N) is 1. The van der Waals surface area contributed by atoms with E-state index in [-0.39, 0.29) is 0 Å². The number of hydrogen-bond donors (Lipinski definition) is 2. The first-order valence-electron chi connectivity index (χ1n) is 5.85. The van der Waals surface area contributed by atoms with E-state index in [4.69, 9.17) is 10.5 Å². The molecule has 0 spiro atoms. The molecule has 3 N–H and O–H groups in total. The van der Waals surface area contributed by atoms with Crippen LogP contribution in [0, 0.1) is 6.92 Å². The average Bonchev–Trinajstić information content (AvgIpc) is 2.76. The number of guanidine groups is 1. The van der Waals surface area contributed by atoms with Crippen LogP contribution in [0.4, 0.5) is 11.4 Å². The van der Waals surface area contributed by atoms with Crippen LogP contribution in [-0.2, 0) is 0 Å². The van der Waals surface area contributed by atoms with Gasteiger partial charge in [-0.25, -0.2) is 0 Å². The van der Waals surface area contributed by atoms with Gasteiger partial charge in [-0.1, -0.05) is 0 Å². The van der Waals surface area contributed by atoms with Crippen LogP contribution in [0.1, 0.15) is 5.56 Å². The molecule has 0 saturated heterocycles. The summed E-state index contributed by atoms with van der Waals surface area (Å²) in [5, 5.41) is 3.38. The fourth-order valence-corrected chi connectivity index (χ4v) is 2.35. The van der Waals surface area contributed by atoms with Crippen molar-refractivity contribution in [2.45, 2.75) is 6.92 Å². The number of aliphatic imine (C=N–C) groups is 1. The Morgan fingerprint density at radius 2 is 2.35 bits per heavy atom. The zero-order chi connectivity index (χ0) is 11.8. The number of hydrogen-bond acceptors (Lipinski definition) is 5. The van der Waals surface area contributed by atoms with Gasteiger partial charge < -0.3 is 20.7 Å². The number of anilines is 2. The quantitative estimate of drug-likeness (QED) is 0.756. The molecule has 0 bridgehead atoms. The summed E-state index contributed by atoms with van der Waals surface area (Å²) in [5.41, 5.74) is 9.24. The molecule has 0 unspecified atom stereocenters. The Kier molecular flexibility index (Phi) is 2.31. The Balaban J connectivity index is 2.04. The molecule has 0 amide bonds. The van der Waals surface area contributed by atoms with Crippen molar-refractivity contribution < 1.29 is 4.74 Å². The van der Waals surface area contributed by atoms with Gasteiger partial charge in [0, 0.05) is 18.8 Å². The van der Waals surface area contributed by atoms with Crippen molar-refractivity contribution in [2.75, 3.05) is 36.5 Å². The first-order chi connectivity index (χ1) is 8.27. The van der Waals surface area contributed by atoms with Crippen molar-refractivity contribution in [3.8, 4) is 5.75 Å². The summed E-state index contributed by atoms with van der Waals surface area (Å²) >= 11 is 0. The van der Waals surface area contributed by atoms with E-state index in [0.29, 0.717) is 5.96 Å². The van der Waals surface area contributed by atoms with Crippen LogP contribution >= 0.6 is 0 Å². The van der Waals surface area contributed by atoms with Gasteiger partial charge in [0.15, 0.2) is 5.96 Å². The molecule has 2 aliphatic rings. The second kappa shape index (κ2) is 3.84. The Bertz CT molecular complexity index is 484. The molecule has 0 aromatic heterocycles. The van der Waals surface area contributed by atoms with Gasteiger partial charge in [-0.05, 0) is 24.6 Å². The van der Waals surface area contributed by atoms with Gasteiger partial charge in [-0.3, -0.25) is 4.99 Å². The Morgan fingerprint density at radius 1 is 1.47 bits per heavy atom. The number of benzene rings is 1. The van der Waals surface area contributed by atoms with Gasteiger partial charge in [0.25, 0.3) is 0 Å². The maximum Gasteiger partial charge on any atom is 0.195 e. The zero-order valence-electron chi connectivity index (χ0n) is 9.86. The third-order valence-corrected chi connectivity index (χ3v) is 3.22. The summed E-state index contributed by atoms with van der Waals surface area (Å²) in [4.78, 5) is 6.26. The van der Waals surface area contributed by atoms with E-state index < -0.39 is 0 Å². The van der Waals surface area contributed by atoms with Gasteiger partial charge >= 0.3 is 0 Å². The average molecular weight is 232 g/mol. The standard InChI is InChI=1S/C12H16N4O/c1-8-9(16-6-4-15-12(16)13)2-3-10-11(8)14-5-7-17-10/h2-3,14H,4-7H2,1H3,(H2,13,15). The molecule has 0 atom stereocenters. The Morgan fingerprint density at radius 3 is 3.12 bits per heavy atom. The zero-order valence-corrected chi connectivity index (χ0v) is 9.86. The molecule has 0 saturated carbocycles. The second-order valence-electron chi connectivity index (χ2n) is 4.25. The number of nitrogens with one attached hydrogen (secondary N) is 1. The van der Waals surface area contributed by atoms with Crippen molar-refractivity contribution in [3.05, 3.63) is 17.7 Å². The summed E-state index contributed by atoms with van der Waals surface area (Å²) in [6, 6.07) is 4.05. The number of fused-ring (bicyclic) bond motifs is 1. The molecular weight excluding hydrogens is 216 g/mol. The normalized spacial score (nSPS) is 18.2. The fourth-order valence-electron chi connectivity index (χ4n) is 2.35. The monoisotopic (exact) mass is 232 g/mol. The molecule has 0 radical (unpaired) electrons. The highest BCUT2D eigenvalue weighted by Crippen LogP contribution is 2.37. The van der Waals surface area contributed by atoms with Gasteiger partial charge in [-0.2, -0.15) is 0 Å². The van der Waals surface area contributed by atoms with E-state index >= 15 is 0 Å². The summed E-state index contributed by atoms with van der Waals surface area (Å²) in [5.74, 6) is 1.52. The molecule has 1 aromatic rings. The smallest absolute Gasteiger partial charge is 0.195 e. The second-order valence-corrected chi connectivity index (χ2v) is 4.25. The largest absolute Gasteiger partial charge is 0.490 e. The van der Waals surface area contributed by atoms with Crippen LogP contribution in [0.3, 0.4) is 0 Å². The topological polar surface area (TPSA) is 62.9 Å². The minimum atomic E-state index is 0.602. The lowest BCUT2D eigenvalue weighted by molar-refractivity contribution is 0.323. The highest BCUT2D eigenvalue weighted by molar-refractivity contribution is 5.98. The van der Waals surface area contributed by atoms with Gasteiger partial charge in [0.05, 0.1) is 12.2 Å². The van der Waals surface area contributed by atoms with Gasteiger partial charge in [0.1, 0.15) is 12.4 Å². The minimum Gasteiger partial charge on any atom is -0.490 e. The van der Waals surface area contributed by atoms with Crippen LogP contribution in [0.15, 0.2) is 17.1 Å². The first kappa shape index (κ1) is 10.3.